The van der Waals surface area contributed by atoms with E-state index in [9.17, 15) is 0 Å². The smallest absolute Gasteiger partial charge is 0.0147 e. The van der Waals surface area contributed by atoms with Crippen LogP contribution in [0.1, 0.15) is 37.8 Å². The number of rotatable bonds is 3. The fraction of sp³-hybridized carbons (Fsp3) is 0.294. The average Bonchev–Trinajstić information content (AvgIpc) is 2.38. The van der Waals surface area contributed by atoms with Gasteiger partial charge in [0.05, 0.1) is 0 Å². The van der Waals surface area contributed by atoms with E-state index in [0.29, 0.717) is 5.92 Å². The molecule has 0 saturated carbocycles. The first-order chi connectivity index (χ1) is 8.24. The Morgan fingerprint density at radius 2 is 1.59 bits per heavy atom. The van der Waals surface area contributed by atoms with Gasteiger partial charge in [0, 0.05) is 0 Å². The topological polar surface area (TPSA) is 0 Å². The predicted molar refractivity (Wildman–Crippen MR) is 75.3 cm³/mol. The largest absolute Gasteiger partial charge is 0.0622 e. The number of benzene rings is 2. The van der Waals surface area contributed by atoms with Crippen LogP contribution in [-0.4, -0.2) is 0 Å². The molecule has 0 saturated heterocycles. The molecule has 0 aliphatic heterocycles. The molecule has 0 aromatic heterocycles. The van der Waals surface area contributed by atoms with Crippen molar-refractivity contribution in [3.63, 3.8) is 0 Å². The Labute approximate surface area is 104 Å². The molecule has 0 nitrogen and oxygen atoms in total. The molecule has 0 fully saturated rings. The maximum Gasteiger partial charge on any atom is -0.0147 e. The van der Waals surface area contributed by atoms with Crippen LogP contribution in [0.25, 0.3) is 11.1 Å². The molecule has 0 heterocycles. The summed E-state index contributed by atoms with van der Waals surface area (Å²) in [4.78, 5) is 0. The first-order valence-corrected chi connectivity index (χ1v) is 6.41. The predicted octanol–water partition coefficient (Wildman–Crippen LogP) is 5.04. The molecule has 0 heteroatoms. The van der Waals surface area contributed by atoms with Gasteiger partial charge in [-0.1, -0.05) is 69.3 Å². The molecule has 2 aromatic carbocycles. The van der Waals surface area contributed by atoms with Gasteiger partial charge in [-0.3, -0.25) is 0 Å². The molecule has 0 radical (unpaired) electrons. The van der Waals surface area contributed by atoms with Crippen molar-refractivity contribution in [3.05, 3.63) is 59.7 Å². The highest BCUT2D eigenvalue weighted by Gasteiger charge is 2.11. The van der Waals surface area contributed by atoms with E-state index < -0.39 is 0 Å². The van der Waals surface area contributed by atoms with E-state index in [4.69, 9.17) is 0 Å². The molecular weight excluding hydrogens is 204 g/mol. The van der Waals surface area contributed by atoms with Gasteiger partial charge in [-0.15, -0.1) is 0 Å². The van der Waals surface area contributed by atoms with Gasteiger partial charge in [-0.25, -0.2) is 0 Å². The first kappa shape index (κ1) is 11.9. The molecule has 0 amide bonds. The zero-order chi connectivity index (χ0) is 12.3. The van der Waals surface area contributed by atoms with Crippen molar-refractivity contribution >= 4 is 0 Å². The van der Waals surface area contributed by atoms with Crippen LogP contribution in [0.15, 0.2) is 48.5 Å². The zero-order valence-corrected chi connectivity index (χ0v) is 10.9. The fourth-order valence-electron chi connectivity index (χ4n) is 2.47. The van der Waals surface area contributed by atoms with Gasteiger partial charge in [-0.05, 0) is 34.6 Å². The summed E-state index contributed by atoms with van der Waals surface area (Å²) >= 11 is 0. The summed E-state index contributed by atoms with van der Waals surface area (Å²) < 4.78 is 0. The third-order valence-electron chi connectivity index (χ3n) is 3.24. The van der Waals surface area contributed by atoms with E-state index in [0.717, 1.165) is 6.42 Å². The third kappa shape index (κ3) is 2.41. The first-order valence-electron chi connectivity index (χ1n) is 6.41. The van der Waals surface area contributed by atoms with E-state index in [-0.39, 0.29) is 0 Å². The second-order valence-electron chi connectivity index (χ2n) is 4.75. The van der Waals surface area contributed by atoms with E-state index in [2.05, 4.69) is 69.3 Å². The van der Waals surface area contributed by atoms with Crippen molar-refractivity contribution in [1.29, 1.82) is 0 Å². The molecule has 2 aromatic rings. The van der Waals surface area contributed by atoms with Crippen LogP contribution in [0.2, 0.25) is 0 Å². The molecule has 88 valence electrons. The summed E-state index contributed by atoms with van der Waals surface area (Å²) in [6.45, 7) is 6.79. The Morgan fingerprint density at radius 3 is 2.18 bits per heavy atom. The van der Waals surface area contributed by atoms with Crippen LogP contribution in [0, 0.1) is 0 Å². The molecule has 0 spiro atoms. The summed E-state index contributed by atoms with van der Waals surface area (Å²) in [5.41, 5.74) is 5.69. The van der Waals surface area contributed by atoms with Gasteiger partial charge < -0.3 is 0 Å². The van der Waals surface area contributed by atoms with E-state index in [1.165, 1.54) is 22.3 Å². The lowest BCUT2D eigenvalue weighted by atomic mass is 9.88. The lowest BCUT2D eigenvalue weighted by Gasteiger charge is -2.17. The van der Waals surface area contributed by atoms with E-state index in [1.807, 2.05) is 0 Å². The second-order valence-corrected chi connectivity index (χ2v) is 4.75. The summed E-state index contributed by atoms with van der Waals surface area (Å²) in [6.07, 6.45) is 1.11. The Hall–Kier alpha value is -1.56. The van der Waals surface area contributed by atoms with Gasteiger partial charge in [0.1, 0.15) is 0 Å². The molecule has 0 bridgehead atoms. The minimum Gasteiger partial charge on any atom is -0.0622 e. The molecule has 0 aliphatic carbocycles. The number of aryl methyl sites for hydroxylation is 1. The van der Waals surface area contributed by atoms with E-state index in [1.54, 1.807) is 0 Å². The molecule has 17 heavy (non-hydrogen) atoms. The van der Waals surface area contributed by atoms with Crippen molar-refractivity contribution in [1.82, 2.24) is 0 Å². The molecule has 2 rings (SSSR count). The lowest BCUT2D eigenvalue weighted by molar-refractivity contribution is 0.847. The quantitative estimate of drug-likeness (QED) is 0.685. The minimum absolute atomic E-state index is 0.571. The van der Waals surface area contributed by atoms with Crippen molar-refractivity contribution in [3.8, 4) is 11.1 Å². The lowest BCUT2D eigenvalue weighted by Crippen LogP contribution is -1.98. The third-order valence-corrected chi connectivity index (χ3v) is 3.24. The molecule has 0 aliphatic rings. The van der Waals surface area contributed by atoms with Crippen molar-refractivity contribution in [2.75, 3.05) is 0 Å². The summed E-state index contributed by atoms with van der Waals surface area (Å²) in [7, 11) is 0. The van der Waals surface area contributed by atoms with Crippen molar-refractivity contribution < 1.29 is 0 Å². The van der Waals surface area contributed by atoms with Crippen LogP contribution < -0.4 is 0 Å². The minimum atomic E-state index is 0.571. The Kier molecular flexibility index (Phi) is 3.63. The van der Waals surface area contributed by atoms with Gasteiger partial charge in [-0.2, -0.15) is 0 Å². The fourth-order valence-corrected chi connectivity index (χ4v) is 2.47. The normalized spacial score (nSPS) is 10.8. The van der Waals surface area contributed by atoms with Crippen LogP contribution in [0.3, 0.4) is 0 Å². The van der Waals surface area contributed by atoms with Crippen LogP contribution in [0.4, 0.5) is 0 Å². The average molecular weight is 224 g/mol. The van der Waals surface area contributed by atoms with Crippen LogP contribution in [-0.2, 0) is 6.42 Å². The van der Waals surface area contributed by atoms with Crippen LogP contribution in [0.5, 0.6) is 0 Å². The van der Waals surface area contributed by atoms with E-state index >= 15 is 0 Å². The summed E-state index contributed by atoms with van der Waals surface area (Å²) in [5.74, 6) is 0.571. The van der Waals surface area contributed by atoms with Gasteiger partial charge in [0.15, 0.2) is 0 Å². The summed E-state index contributed by atoms with van der Waals surface area (Å²) in [5, 5.41) is 0. The Balaban J connectivity index is 2.62. The monoisotopic (exact) mass is 224 g/mol. The van der Waals surface area contributed by atoms with Gasteiger partial charge >= 0.3 is 0 Å². The number of hydrogen-bond acceptors (Lipinski definition) is 0. The molecule has 0 N–H and O–H groups in total. The van der Waals surface area contributed by atoms with Gasteiger partial charge in [0.25, 0.3) is 0 Å². The standard InChI is InChI=1S/C17H20/c1-4-14-11-8-12-16(17(14)13(2)3)15-9-6-5-7-10-15/h5-13H,4H2,1-3H3. The Morgan fingerprint density at radius 1 is 0.882 bits per heavy atom. The molecule has 0 atom stereocenters. The Bertz CT molecular complexity index is 481. The maximum absolute atomic E-state index is 2.28. The number of hydrogen-bond donors (Lipinski definition) is 0. The molecular formula is C17H20. The van der Waals surface area contributed by atoms with Crippen LogP contribution >= 0.6 is 0 Å². The maximum atomic E-state index is 2.28. The molecule has 0 unspecified atom stereocenters. The highest BCUT2D eigenvalue weighted by atomic mass is 14.2. The highest BCUT2D eigenvalue weighted by molar-refractivity contribution is 5.69. The van der Waals surface area contributed by atoms with Gasteiger partial charge in [0.2, 0.25) is 0 Å². The highest BCUT2D eigenvalue weighted by Crippen LogP contribution is 2.32. The summed E-state index contributed by atoms with van der Waals surface area (Å²) in [6, 6.07) is 17.3. The van der Waals surface area contributed by atoms with Crippen molar-refractivity contribution in [2.24, 2.45) is 0 Å². The zero-order valence-electron chi connectivity index (χ0n) is 10.9. The SMILES string of the molecule is CCc1cccc(-c2ccccc2)c1C(C)C. The van der Waals surface area contributed by atoms with Crippen molar-refractivity contribution in [2.45, 2.75) is 33.1 Å². The second kappa shape index (κ2) is 5.18.